The average molecular weight is 597 g/mol. The molecule has 1 saturated heterocycles. The Morgan fingerprint density at radius 2 is 1.65 bits per heavy atom. The molecule has 0 radical (unpaired) electrons. The molecule has 2 aliphatic carbocycles. The van der Waals surface area contributed by atoms with Gasteiger partial charge in [0.05, 0.1) is 4.92 Å². The van der Waals surface area contributed by atoms with E-state index in [0.29, 0.717) is 36.9 Å². The van der Waals surface area contributed by atoms with E-state index in [-0.39, 0.29) is 17.5 Å². The second-order valence-electron chi connectivity index (χ2n) is 12.9. The van der Waals surface area contributed by atoms with Crippen molar-refractivity contribution in [2.75, 3.05) is 26.2 Å². The summed E-state index contributed by atoms with van der Waals surface area (Å²) in [6.45, 7) is 13.2. The molecule has 8 nitrogen and oxygen atoms in total. The zero-order valence-corrected chi connectivity index (χ0v) is 27.1. The molecule has 1 heterocycles. The van der Waals surface area contributed by atoms with Crippen molar-refractivity contribution in [3.8, 4) is 0 Å². The number of piperidine rings is 1. The highest BCUT2D eigenvalue weighted by atomic mass is 16.6. The van der Waals surface area contributed by atoms with Crippen LogP contribution in [0.4, 0.5) is 5.69 Å². The summed E-state index contributed by atoms with van der Waals surface area (Å²) in [5.74, 6) is 1.13. The molecular weight excluding hydrogens is 540 g/mol. The molecule has 2 unspecified atom stereocenters. The molecule has 3 aliphatic rings. The number of carbonyl (C=O) groups excluding carboxylic acids is 2. The summed E-state index contributed by atoms with van der Waals surface area (Å²) in [5.41, 5.74) is 1.05. The fraction of sp³-hybridized carbons (Fsp3) is 0.714. The minimum absolute atomic E-state index is 0.0833. The summed E-state index contributed by atoms with van der Waals surface area (Å²) in [4.78, 5) is 43.4. The van der Waals surface area contributed by atoms with Gasteiger partial charge in [0, 0.05) is 69.8 Å². The first-order chi connectivity index (χ1) is 20.8. The van der Waals surface area contributed by atoms with Crippen LogP contribution in [0.25, 0.3) is 0 Å². The number of nitro benzene ring substituents is 1. The highest BCUT2D eigenvalue weighted by Crippen LogP contribution is 2.35. The first-order valence-electron chi connectivity index (χ1n) is 16.9. The molecule has 2 saturated carbocycles. The lowest BCUT2D eigenvalue weighted by Crippen LogP contribution is -2.48. The Hall–Kier alpha value is -2.74. The molecule has 1 aliphatic heterocycles. The van der Waals surface area contributed by atoms with Gasteiger partial charge in [0.25, 0.3) is 5.69 Å². The van der Waals surface area contributed by atoms with Crippen molar-refractivity contribution in [3.63, 3.8) is 0 Å². The topological polar surface area (TPSA) is 87.0 Å². The van der Waals surface area contributed by atoms with Crippen LogP contribution in [0.15, 0.2) is 36.9 Å². The average Bonchev–Trinajstić information content (AvgIpc) is 3.45. The number of benzene rings is 1. The fourth-order valence-corrected chi connectivity index (χ4v) is 7.44. The van der Waals surface area contributed by atoms with Gasteiger partial charge in [0.1, 0.15) is 0 Å². The van der Waals surface area contributed by atoms with Crippen LogP contribution >= 0.6 is 0 Å². The second kappa shape index (κ2) is 18.2. The van der Waals surface area contributed by atoms with Gasteiger partial charge in [-0.15, -0.1) is 6.58 Å². The number of hydrogen-bond donors (Lipinski definition) is 0. The number of aryl methyl sites for hydroxylation is 1. The number of amides is 2. The summed E-state index contributed by atoms with van der Waals surface area (Å²) in [6, 6.07) is 7.73. The number of nitrogens with zero attached hydrogens (tertiary/aromatic N) is 4. The fourth-order valence-electron chi connectivity index (χ4n) is 7.44. The first kappa shape index (κ1) is 34.7. The number of carbonyl (C=O) groups is 2. The van der Waals surface area contributed by atoms with Crippen LogP contribution < -0.4 is 0 Å². The molecule has 4 rings (SSSR count). The minimum Gasteiger partial charge on any atom is -0.340 e. The van der Waals surface area contributed by atoms with E-state index < -0.39 is 4.92 Å². The van der Waals surface area contributed by atoms with Crippen molar-refractivity contribution in [3.05, 3.63) is 52.6 Å². The molecule has 1 aromatic carbocycles. The summed E-state index contributed by atoms with van der Waals surface area (Å²) >= 11 is 0. The first-order valence-corrected chi connectivity index (χ1v) is 16.9. The summed E-state index contributed by atoms with van der Waals surface area (Å²) < 4.78 is 0. The molecule has 0 bridgehead atoms. The summed E-state index contributed by atoms with van der Waals surface area (Å²) in [7, 11) is 0. The van der Waals surface area contributed by atoms with Gasteiger partial charge in [0.2, 0.25) is 11.8 Å². The van der Waals surface area contributed by atoms with Gasteiger partial charge in [-0.05, 0) is 76.2 Å². The molecule has 1 aromatic rings. The van der Waals surface area contributed by atoms with E-state index in [1.165, 1.54) is 50.7 Å². The van der Waals surface area contributed by atoms with E-state index in [1.807, 2.05) is 6.92 Å². The molecular formula is C35H56N4O4. The van der Waals surface area contributed by atoms with E-state index in [2.05, 4.69) is 28.2 Å². The minimum atomic E-state index is -0.392. The van der Waals surface area contributed by atoms with Crippen LogP contribution in [0.5, 0.6) is 0 Å². The van der Waals surface area contributed by atoms with Gasteiger partial charge in [-0.3, -0.25) is 19.7 Å². The maximum absolute atomic E-state index is 13.3. The Balaban J connectivity index is 0.00000162. The smallest absolute Gasteiger partial charge is 0.269 e. The molecule has 0 N–H and O–H groups in total. The highest BCUT2D eigenvalue weighted by molar-refractivity contribution is 5.77. The molecule has 0 aromatic heterocycles. The van der Waals surface area contributed by atoms with Crippen molar-refractivity contribution in [2.24, 2.45) is 5.92 Å². The molecule has 240 valence electrons. The second-order valence-corrected chi connectivity index (χ2v) is 12.9. The van der Waals surface area contributed by atoms with Gasteiger partial charge < -0.3 is 14.7 Å². The van der Waals surface area contributed by atoms with Crippen molar-refractivity contribution >= 4 is 17.5 Å². The lowest BCUT2D eigenvalue weighted by atomic mass is 9.92. The zero-order chi connectivity index (χ0) is 31.2. The number of rotatable bonds is 12. The summed E-state index contributed by atoms with van der Waals surface area (Å²) in [6.07, 6.45) is 16.6. The molecule has 3 fully saturated rings. The molecule has 43 heavy (non-hydrogen) atoms. The SMILES string of the molecule is C=CC.CCCCN(C(=O)CCc1ccc([N+](=O)[O-])cc1)C1CCN(CC2CCC(N(C(C)=O)C3CCCCC3)C2)CC1. The Morgan fingerprint density at radius 3 is 2.23 bits per heavy atom. The normalized spacial score (nSPS) is 21.5. The van der Waals surface area contributed by atoms with Gasteiger partial charge in [-0.2, -0.15) is 0 Å². The molecule has 8 heteroatoms. The maximum Gasteiger partial charge on any atom is 0.269 e. The van der Waals surface area contributed by atoms with Crippen LogP contribution in [0.2, 0.25) is 0 Å². The van der Waals surface area contributed by atoms with E-state index in [9.17, 15) is 19.7 Å². The third kappa shape index (κ3) is 10.7. The van der Waals surface area contributed by atoms with Gasteiger partial charge in [0.15, 0.2) is 0 Å². The predicted molar refractivity (Wildman–Crippen MR) is 174 cm³/mol. The number of nitro groups is 1. The molecule has 0 spiro atoms. The van der Waals surface area contributed by atoms with Crippen molar-refractivity contribution < 1.29 is 14.5 Å². The number of likely N-dealkylation sites (tertiary alicyclic amines) is 1. The quantitative estimate of drug-likeness (QED) is 0.145. The largest absolute Gasteiger partial charge is 0.340 e. The van der Waals surface area contributed by atoms with Crippen molar-refractivity contribution in [2.45, 2.75) is 129 Å². The Kier molecular flexibility index (Phi) is 14.7. The monoisotopic (exact) mass is 596 g/mol. The Labute approximate surface area is 260 Å². The molecule has 2 amide bonds. The van der Waals surface area contributed by atoms with Crippen LogP contribution in [-0.2, 0) is 16.0 Å². The van der Waals surface area contributed by atoms with Crippen LogP contribution in [0.1, 0.15) is 110 Å². The van der Waals surface area contributed by atoms with E-state index in [4.69, 9.17) is 0 Å². The van der Waals surface area contributed by atoms with Gasteiger partial charge >= 0.3 is 0 Å². The standard InChI is InChI=1S/C32H50N4O4.C3H6/c1-3-4-20-34(32(38)17-13-26-10-14-30(15-11-26)36(39)40)28-18-21-33(22-19-28)24-27-12-16-31(23-27)35(25(2)37)29-8-6-5-7-9-29;1-3-2/h10-11,14-15,27-29,31H,3-9,12-13,16-24H2,1-2H3;3H,1H2,2H3. The van der Waals surface area contributed by atoms with Crippen LogP contribution in [-0.4, -0.2) is 75.7 Å². The highest BCUT2D eigenvalue weighted by Gasteiger charge is 2.36. The van der Waals surface area contributed by atoms with Crippen LogP contribution in [0, 0.1) is 16.0 Å². The van der Waals surface area contributed by atoms with E-state index >= 15 is 0 Å². The Bertz CT molecular complexity index is 1020. The van der Waals surface area contributed by atoms with E-state index in [1.54, 1.807) is 25.1 Å². The van der Waals surface area contributed by atoms with E-state index in [0.717, 1.165) is 70.3 Å². The lowest BCUT2D eigenvalue weighted by Gasteiger charge is -2.40. The predicted octanol–water partition coefficient (Wildman–Crippen LogP) is 7.16. The maximum atomic E-state index is 13.3. The number of hydrogen-bond acceptors (Lipinski definition) is 5. The van der Waals surface area contributed by atoms with Crippen LogP contribution in [0.3, 0.4) is 0 Å². The number of unbranched alkanes of at least 4 members (excludes halogenated alkanes) is 1. The van der Waals surface area contributed by atoms with Gasteiger partial charge in [-0.25, -0.2) is 0 Å². The molecule has 2 atom stereocenters. The zero-order valence-electron chi connectivity index (χ0n) is 27.1. The third-order valence-electron chi connectivity index (χ3n) is 9.60. The lowest BCUT2D eigenvalue weighted by molar-refractivity contribution is -0.384. The Morgan fingerprint density at radius 1 is 1.00 bits per heavy atom. The van der Waals surface area contributed by atoms with Crippen molar-refractivity contribution in [1.29, 1.82) is 0 Å². The number of allylic oxidation sites excluding steroid dienone is 1. The summed E-state index contributed by atoms with van der Waals surface area (Å²) in [5, 5.41) is 10.9. The van der Waals surface area contributed by atoms with Crippen molar-refractivity contribution in [1.82, 2.24) is 14.7 Å². The number of non-ortho nitro benzene ring substituents is 1. The third-order valence-corrected chi connectivity index (χ3v) is 9.60. The van der Waals surface area contributed by atoms with Gasteiger partial charge in [-0.1, -0.05) is 50.8 Å².